The third kappa shape index (κ3) is 2.39. The van der Waals surface area contributed by atoms with Crippen LogP contribution in [0.1, 0.15) is 34.0 Å². The molecule has 1 amide bonds. The molecule has 0 aliphatic rings. The molecule has 0 aromatic carbocycles. The molecular formula is C12H15N3OS. The highest BCUT2D eigenvalue weighted by atomic mass is 32.1. The molecule has 0 radical (unpaired) electrons. The summed E-state index contributed by atoms with van der Waals surface area (Å²) in [6.45, 7) is 3.90. The van der Waals surface area contributed by atoms with Gasteiger partial charge in [0, 0.05) is 17.6 Å². The number of H-pyrrole nitrogens is 1. The van der Waals surface area contributed by atoms with Crippen molar-refractivity contribution in [2.75, 3.05) is 7.05 Å². The molecule has 0 saturated heterocycles. The number of hydrogen-bond donors (Lipinski definition) is 1. The first-order valence-electron chi connectivity index (χ1n) is 5.42. The third-order valence-electron chi connectivity index (χ3n) is 2.78. The lowest BCUT2D eigenvalue weighted by atomic mass is 10.2. The molecular weight excluding hydrogens is 234 g/mol. The van der Waals surface area contributed by atoms with Gasteiger partial charge in [-0.05, 0) is 31.4 Å². The van der Waals surface area contributed by atoms with Crippen LogP contribution < -0.4 is 0 Å². The Morgan fingerprint density at radius 2 is 2.35 bits per heavy atom. The van der Waals surface area contributed by atoms with Crippen molar-refractivity contribution < 1.29 is 4.79 Å². The Kier molecular flexibility index (Phi) is 3.28. The van der Waals surface area contributed by atoms with E-state index in [1.807, 2.05) is 31.4 Å². The van der Waals surface area contributed by atoms with Gasteiger partial charge in [-0.3, -0.25) is 9.89 Å². The summed E-state index contributed by atoms with van der Waals surface area (Å²) < 4.78 is 0. The average Bonchev–Trinajstić information content (AvgIpc) is 2.96. The molecule has 1 atom stereocenters. The van der Waals surface area contributed by atoms with E-state index in [1.165, 1.54) is 4.88 Å². The second kappa shape index (κ2) is 4.71. The van der Waals surface area contributed by atoms with E-state index in [0.29, 0.717) is 5.69 Å². The van der Waals surface area contributed by atoms with Crippen molar-refractivity contribution in [2.45, 2.75) is 19.9 Å². The quantitative estimate of drug-likeness (QED) is 0.909. The van der Waals surface area contributed by atoms with Crippen LogP contribution in [0.15, 0.2) is 23.6 Å². The maximum absolute atomic E-state index is 12.1. The van der Waals surface area contributed by atoms with Crippen LogP contribution in [0, 0.1) is 6.92 Å². The average molecular weight is 249 g/mol. The molecule has 17 heavy (non-hydrogen) atoms. The van der Waals surface area contributed by atoms with Crippen LogP contribution >= 0.6 is 11.3 Å². The molecule has 2 heterocycles. The maximum atomic E-state index is 12.1. The SMILES string of the molecule is Cc1cc(C(=O)N(C)C(C)c2cccs2)n[nH]1. The van der Waals surface area contributed by atoms with E-state index in [2.05, 4.69) is 10.2 Å². The van der Waals surface area contributed by atoms with Crippen molar-refractivity contribution in [1.29, 1.82) is 0 Å². The van der Waals surface area contributed by atoms with E-state index in [1.54, 1.807) is 29.4 Å². The van der Waals surface area contributed by atoms with E-state index >= 15 is 0 Å². The second-order valence-electron chi connectivity index (χ2n) is 4.04. The van der Waals surface area contributed by atoms with Crippen molar-refractivity contribution >= 4 is 17.2 Å². The van der Waals surface area contributed by atoms with Gasteiger partial charge in [-0.2, -0.15) is 5.10 Å². The zero-order valence-electron chi connectivity index (χ0n) is 10.1. The fraction of sp³-hybridized carbons (Fsp3) is 0.333. The third-order valence-corrected chi connectivity index (χ3v) is 3.82. The summed E-state index contributed by atoms with van der Waals surface area (Å²) in [7, 11) is 1.80. The van der Waals surface area contributed by atoms with Crippen molar-refractivity contribution in [2.24, 2.45) is 0 Å². The number of aromatic nitrogens is 2. The van der Waals surface area contributed by atoms with E-state index < -0.39 is 0 Å². The van der Waals surface area contributed by atoms with Gasteiger partial charge in [0.25, 0.3) is 5.91 Å². The van der Waals surface area contributed by atoms with Gasteiger partial charge in [-0.25, -0.2) is 0 Å². The molecule has 1 unspecified atom stereocenters. The first-order valence-corrected chi connectivity index (χ1v) is 6.30. The summed E-state index contributed by atoms with van der Waals surface area (Å²) in [5.41, 5.74) is 1.36. The van der Waals surface area contributed by atoms with Gasteiger partial charge in [-0.15, -0.1) is 11.3 Å². The number of aromatic amines is 1. The number of thiophene rings is 1. The zero-order valence-corrected chi connectivity index (χ0v) is 10.9. The maximum Gasteiger partial charge on any atom is 0.274 e. The van der Waals surface area contributed by atoms with Crippen LogP contribution in [-0.2, 0) is 0 Å². The molecule has 4 nitrogen and oxygen atoms in total. The molecule has 1 N–H and O–H groups in total. The van der Waals surface area contributed by atoms with Crippen molar-refractivity contribution in [3.8, 4) is 0 Å². The highest BCUT2D eigenvalue weighted by Crippen LogP contribution is 2.24. The summed E-state index contributed by atoms with van der Waals surface area (Å²) in [4.78, 5) is 15.0. The molecule has 0 bridgehead atoms. The molecule has 0 spiro atoms. The van der Waals surface area contributed by atoms with Gasteiger partial charge < -0.3 is 4.90 Å². The smallest absolute Gasteiger partial charge is 0.274 e. The Morgan fingerprint density at radius 3 is 2.88 bits per heavy atom. The number of nitrogens with zero attached hydrogens (tertiary/aromatic N) is 2. The van der Waals surface area contributed by atoms with Crippen LogP contribution in [0.2, 0.25) is 0 Å². The van der Waals surface area contributed by atoms with Crippen molar-refractivity contribution in [3.05, 3.63) is 39.8 Å². The molecule has 0 aliphatic heterocycles. The van der Waals surface area contributed by atoms with E-state index in [-0.39, 0.29) is 11.9 Å². The van der Waals surface area contributed by atoms with Crippen LogP contribution in [0.5, 0.6) is 0 Å². The van der Waals surface area contributed by atoms with Gasteiger partial charge in [0.2, 0.25) is 0 Å². The van der Waals surface area contributed by atoms with E-state index in [4.69, 9.17) is 0 Å². The Balaban J connectivity index is 2.15. The predicted molar refractivity (Wildman–Crippen MR) is 68.2 cm³/mol. The standard InChI is InChI=1S/C12H15N3OS/c1-8-7-10(14-13-8)12(16)15(3)9(2)11-5-4-6-17-11/h4-7,9H,1-3H3,(H,13,14). The molecule has 0 aliphatic carbocycles. The number of hydrogen-bond acceptors (Lipinski definition) is 3. The lowest BCUT2D eigenvalue weighted by Crippen LogP contribution is -2.29. The Bertz CT molecular complexity index is 504. The summed E-state index contributed by atoms with van der Waals surface area (Å²) >= 11 is 1.66. The highest BCUT2D eigenvalue weighted by Gasteiger charge is 2.21. The minimum Gasteiger partial charge on any atom is -0.333 e. The minimum absolute atomic E-state index is 0.0600. The Morgan fingerprint density at radius 1 is 1.59 bits per heavy atom. The number of rotatable bonds is 3. The minimum atomic E-state index is -0.0600. The summed E-state index contributed by atoms with van der Waals surface area (Å²) in [6.07, 6.45) is 0. The van der Waals surface area contributed by atoms with Crippen molar-refractivity contribution in [3.63, 3.8) is 0 Å². The van der Waals surface area contributed by atoms with Gasteiger partial charge in [-0.1, -0.05) is 6.07 Å². The van der Waals surface area contributed by atoms with Gasteiger partial charge in [0.15, 0.2) is 0 Å². The zero-order chi connectivity index (χ0) is 12.4. The Hall–Kier alpha value is -1.62. The largest absolute Gasteiger partial charge is 0.333 e. The first kappa shape index (κ1) is 11.9. The molecule has 0 saturated carbocycles. The molecule has 2 aromatic rings. The summed E-state index contributed by atoms with van der Waals surface area (Å²) in [5, 5.41) is 8.79. The van der Waals surface area contributed by atoms with Crippen LogP contribution in [0.25, 0.3) is 0 Å². The second-order valence-corrected chi connectivity index (χ2v) is 5.02. The predicted octanol–water partition coefficient (Wildman–Crippen LogP) is 2.61. The molecule has 0 fully saturated rings. The number of carbonyl (C=O) groups is 1. The van der Waals surface area contributed by atoms with Crippen LogP contribution in [-0.4, -0.2) is 28.1 Å². The molecule has 90 valence electrons. The van der Waals surface area contributed by atoms with Crippen LogP contribution in [0.3, 0.4) is 0 Å². The number of aryl methyl sites for hydroxylation is 1. The van der Waals surface area contributed by atoms with Gasteiger partial charge in [0.1, 0.15) is 5.69 Å². The summed E-state index contributed by atoms with van der Waals surface area (Å²) in [5.74, 6) is -0.0600. The number of nitrogens with one attached hydrogen (secondary N) is 1. The fourth-order valence-corrected chi connectivity index (χ4v) is 2.43. The van der Waals surface area contributed by atoms with E-state index in [9.17, 15) is 4.79 Å². The number of amides is 1. The normalized spacial score (nSPS) is 12.4. The highest BCUT2D eigenvalue weighted by molar-refractivity contribution is 7.10. The summed E-state index contributed by atoms with van der Waals surface area (Å²) in [6, 6.07) is 5.86. The fourth-order valence-electron chi connectivity index (χ4n) is 1.60. The Labute approximate surface area is 104 Å². The topological polar surface area (TPSA) is 49.0 Å². The number of carbonyl (C=O) groups excluding carboxylic acids is 1. The molecule has 2 aromatic heterocycles. The monoisotopic (exact) mass is 249 g/mol. The molecule has 5 heteroatoms. The van der Waals surface area contributed by atoms with Gasteiger partial charge in [0.05, 0.1) is 6.04 Å². The van der Waals surface area contributed by atoms with Gasteiger partial charge >= 0.3 is 0 Å². The van der Waals surface area contributed by atoms with Crippen molar-refractivity contribution in [1.82, 2.24) is 15.1 Å². The molecule has 2 rings (SSSR count). The van der Waals surface area contributed by atoms with E-state index in [0.717, 1.165) is 5.69 Å². The van der Waals surface area contributed by atoms with Crippen LogP contribution in [0.4, 0.5) is 0 Å². The lowest BCUT2D eigenvalue weighted by molar-refractivity contribution is 0.0739. The first-order chi connectivity index (χ1) is 8.09. The lowest BCUT2D eigenvalue weighted by Gasteiger charge is -2.23.